The molecule has 1 unspecified atom stereocenters. The summed E-state index contributed by atoms with van der Waals surface area (Å²) in [5.74, 6) is -1.24. The second kappa shape index (κ2) is 10.6. The van der Waals surface area contributed by atoms with Crippen LogP contribution in [-0.2, 0) is 24.3 Å². The van der Waals surface area contributed by atoms with E-state index >= 15 is 0 Å². The minimum absolute atomic E-state index is 0.00194. The minimum atomic E-state index is -4.87. The second-order valence-corrected chi connectivity index (χ2v) is 10.5. The van der Waals surface area contributed by atoms with Crippen LogP contribution in [0.1, 0.15) is 27.9 Å². The van der Waals surface area contributed by atoms with E-state index in [2.05, 4.69) is 36.2 Å². The van der Waals surface area contributed by atoms with Gasteiger partial charge in [-0.1, -0.05) is 41.9 Å². The Labute approximate surface area is 241 Å². The lowest BCUT2D eigenvalue weighted by Gasteiger charge is -2.36. The van der Waals surface area contributed by atoms with Crippen molar-refractivity contribution in [1.82, 2.24) is 15.0 Å². The number of aromatic nitrogens is 3. The quantitative estimate of drug-likeness (QED) is 0.179. The number of hydrogen-bond donors (Lipinski definition) is 2. The summed E-state index contributed by atoms with van der Waals surface area (Å²) in [4.78, 5) is 11.5. The Bertz CT molecular complexity index is 1700. The Morgan fingerprint density at radius 2 is 1.49 bits per heavy atom. The SMILES string of the molecule is Fc1cc(C(F)(F)F)cc(C(Cc2ccccc2)(Nc2nc3c(Br)cc(C(F)(F)F)cc3[nH]2)c2ccc(Cl)cn2)c1. The van der Waals surface area contributed by atoms with Gasteiger partial charge in [-0.3, -0.25) is 4.98 Å². The summed E-state index contributed by atoms with van der Waals surface area (Å²) in [6.07, 6.45) is -8.29. The van der Waals surface area contributed by atoms with Gasteiger partial charge in [-0.05, 0) is 69.5 Å². The van der Waals surface area contributed by atoms with Crippen molar-refractivity contribution < 1.29 is 30.7 Å². The van der Waals surface area contributed by atoms with Crippen LogP contribution in [-0.4, -0.2) is 15.0 Å². The number of fused-ring (bicyclic) bond motifs is 1. The molecule has 2 heterocycles. The van der Waals surface area contributed by atoms with Crippen molar-refractivity contribution in [3.8, 4) is 0 Å². The number of nitrogens with one attached hydrogen (secondary N) is 2. The highest BCUT2D eigenvalue weighted by Gasteiger charge is 2.41. The molecule has 2 N–H and O–H groups in total. The molecular weight excluding hydrogens is 641 g/mol. The molecule has 0 aliphatic rings. The smallest absolute Gasteiger partial charge is 0.340 e. The molecule has 5 aromatic rings. The lowest BCUT2D eigenvalue weighted by atomic mass is 9.80. The van der Waals surface area contributed by atoms with E-state index in [-0.39, 0.29) is 44.2 Å². The largest absolute Gasteiger partial charge is 0.416 e. The highest BCUT2D eigenvalue weighted by Crippen LogP contribution is 2.41. The lowest BCUT2D eigenvalue weighted by molar-refractivity contribution is -0.138. The Kier molecular flexibility index (Phi) is 7.49. The van der Waals surface area contributed by atoms with Crippen molar-refractivity contribution in [2.45, 2.75) is 24.3 Å². The normalized spacial score (nSPS) is 13.8. The predicted molar refractivity (Wildman–Crippen MR) is 144 cm³/mol. The Morgan fingerprint density at radius 1 is 0.829 bits per heavy atom. The highest BCUT2D eigenvalue weighted by atomic mass is 79.9. The number of nitrogens with zero attached hydrogens (tertiary/aromatic N) is 2. The maximum absolute atomic E-state index is 14.8. The predicted octanol–water partition coefficient (Wildman–Crippen LogP) is 9.15. The van der Waals surface area contributed by atoms with Crippen LogP contribution >= 0.6 is 27.5 Å². The van der Waals surface area contributed by atoms with Gasteiger partial charge in [-0.2, -0.15) is 26.3 Å². The molecule has 0 fully saturated rings. The van der Waals surface area contributed by atoms with E-state index in [0.29, 0.717) is 11.6 Å². The average molecular weight is 658 g/mol. The van der Waals surface area contributed by atoms with E-state index in [9.17, 15) is 30.7 Å². The first-order valence-electron chi connectivity index (χ1n) is 11.8. The first kappa shape index (κ1) is 28.9. The van der Waals surface area contributed by atoms with Crippen LogP contribution in [0.2, 0.25) is 5.02 Å². The van der Waals surface area contributed by atoms with Crippen LogP contribution in [0.15, 0.2) is 83.5 Å². The summed E-state index contributed by atoms with van der Waals surface area (Å²) in [5.41, 5.74) is -3.12. The molecule has 1 atom stereocenters. The fourth-order valence-corrected chi connectivity index (χ4v) is 5.21. The van der Waals surface area contributed by atoms with Crippen LogP contribution in [0.3, 0.4) is 0 Å². The van der Waals surface area contributed by atoms with E-state index in [1.807, 2.05) is 0 Å². The first-order valence-corrected chi connectivity index (χ1v) is 13.0. The number of imidazole rings is 1. The molecule has 0 spiro atoms. The van der Waals surface area contributed by atoms with E-state index in [1.54, 1.807) is 30.3 Å². The summed E-state index contributed by atoms with van der Waals surface area (Å²) in [7, 11) is 0. The molecule has 5 rings (SSSR count). The van der Waals surface area contributed by atoms with Crippen molar-refractivity contribution >= 4 is 44.5 Å². The van der Waals surface area contributed by atoms with Crippen LogP contribution < -0.4 is 5.32 Å². The fourth-order valence-electron chi connectivity index (χ4n) is 4.55. The molecule has 2 aromatic heterocycles. The summed E-state index contributed by atoms with van der Waals surface area (Å²) in [6.45, 7) is 0. The Hall–Kier alpha value is -3.64. The standard InChI is InChI=1S/C28H17BrClF7N4/c29-21-11-18(28(35,36)37)12-22-24(21)40-25(39-22)41-26(13-15-4-2-1-3-5-15,23-7-6-19(30)14-38-23)16-8-17(27(32,33)34)10-20(31)9-16/h1-12,14H,13H2,(H2,39,40,41). The number of halogens is 9. The maximum atomic E-state index is 14.8. The molecule has 0 saturated carbocycles. The van der Waals surface area contributed by atoms with Gasteiger partial charge in [0.25, 0.3) is 0 Å². The monoisotopic (exact) mass is 656 g/mol. The third-order valence-corrected chi connectivity index (χ3v) is 7.22. The zero-order valence-electron chi connectivity index (χ0n) is 20.5. The number of anilines is 1. The van der Waals surface area contributed by atoms with E-state index in [1.165, 1.54) is 18.3 Å². The molecule has 0 radical (unpaired) electrons. The average Bonchev–Trinajstić information content (AvgIpc) is 3.31. The molecule has 3 aromatic carbocycles. The topological polar surface area (TPSA) is 53.6 Å². The van der Waals surface area contributed by atoms with Gasteiger partial charge in [0.2, 0.25) is 5.95 Å². The van der Waals surface area contributed by atoms with Gasteiger partial charge < -0.3 is 10.3 Å². The molecule has 0 bridgehead atoms. The lowest BCUT2D eigenvalue weighted by Crippen LogP contribution is -2.40. The minimum Gasteiger partial charge on any atom is -0.340 e. The van der Waals surface area contributed by atoms with E-state index in [4.69, 9.17) is 11.6 Å². The zero-order chi connectivity index (χ0) is 29.6. The number of benzene rings is 3. The number of pyridine rings is 1. The van der Waals surface area contributed by atoms with Crippen molar-refractivity contribution in [1.29, 1.82) is 0 Å². The van der Waals surface area contributed by atoms with Gasteiger partial charge in [0, 0.05) is 17.1 Å². The van der Waals surface area contributed by atoms with E-state index in [0.717, 1.165) is 24.3 Å². The van der Waals surface area contributed by atoms with Crippen LogP contribution in [0.25, 0.3) is 11.0 Å². The van der Waals surface area contributed by atoms with Gasteiger partial charge in [0.1, 0.15) is 16.9 Å². The third kappa shape index (κ3) is 6.03. The number of H-pyrrole nitrogens is 1. The van der Waals surface area contributed by atoms with Gasteiger partial charge in [0.05, 0.1) is 27.4 Å². The molecular formula is C28H17BrClF7N4. The third-order valence-electron chi connectivity index (χ3n) is 6.39. The van der Waals surface area contributed by atoms with Crippen molar-refractivity contribution in [2.75, 3.05) is 5.32 Å². The van der Waals surface area contributed by atoms with Crippen LogP contribution in [0.5, 0.6) is 0 Å². The van der Waals surface area contributed by atoms with Gasteiger partial charge in [-0.25, -0.2) is 9.37 Å². The number of hydrogen-bond acceptors (Lipinski definition) is 3. The summed E-state index contributed by atoms with van der Waals surface area (Å²) < 4.78 is 96.7. The Balaban J connectivity index is 1.77. The zero-order valence-corrected chi connectivity index (χ0v) is 22.9. The molecule has 0 saturated heterocycles. The van der Waals surface area contributed by atoms with Gasteiger partial charge in [-0.15, -0.1) is 0 Å². The second-order valence-electron chi connectivity index (χ2n) is 9.22. The van der Waals surface area contributed by atoms with Crippen molar-refractivity contribution in [3.05, 3.63) is 122 Å². The van der Waals surface area contributed by atoms with E-state index < -0.39 is 34.8 Å². The number of aromatic amines is 1. The summed E-state index contributed by atoms with van der Waals surface area (Å²) in [5, 5.41) is 3.31. The Morgan fingerprint density at radius 3 is 2.12 bits per heavy atom. The molecule has 0 amide bonds. The molecule has 13 heteroatoms. The van der Waals surface area contributed by atoms with Gasteiger partial charge in [0.15, 0.2) is 0 Å². The molecule has 0 aliphatic heterocycles. The van der Waals surface area contributed by atoms with Crippen LogP contribution in [0.4, 0.5) is 36.7 Å². The van der Waals surface area contributed by atoms with Crippen LogP contribution in [0, 0.1) is 5.82 Å². The summed E-state index contributed by atoms with van der Waals surface area (Å²) >= 11 is 9.17. The first-order chi connectivity index (χ1) is 19.2. The van der Waals surface area contributed by atoms with Crippen molar-refractivity contribution in [3.63, 3.8) is 0 Å². The number of alkyl halides is 6. The molecule has 212 valence electrons. The maximum Gasteiger partial charge on any atom is 0.416 e. The molecule has 4 nitrogen and oxygen atoms in total. The van der Waals surface area contributed by atoms with Gasteiger partial charge >= 0.3 is 12.4 Å². The summed E-state index contributed by atoms with van der Waals surface area (Å²) in [6, 6.07) is 15.4. The molecule has 41 heavy (non-hydrogen) atoms. The molecule has 0 aliphatic carbocycles. The highest BCUT2D eigenvalue weighted by molar-refractivity contribution is 9.10. The number of rotatable bonds is 6. The van der Waals surface area contributed by atoms with Crippen molar-refractivity contribution in [2.24, 2.45) is 0 Å². The fraction of sp³-hybridized carbons (Fsp3) is 0.143.